The van der Waals surface area contributed by atoms with E-state index in [0.29, 0.717) is 17.8 Å². The van der Waals surface area contributed by atoms with E-state index in [0.717, 1.165) is 12.2 Å². The molecule has 22 heavy (non-hydrogen) atoms. The Morgan fingerprint density at radius 1 is 1.36 bits per heavy atom. The van der Waals surface area contributed by atoms with E-state index in [-0.39, 0.29) is 11.4 Å². The third-order valence-corrected chi connectivity index (χ3v) is 5.73. The first-order valence-corrected chi connectivity index (χ1v) is 8.75. The highest BCUT2D eigenvalue weighted by Gasteiger charge is 2.47. The summed E-state index contributed by atoms with van der Waals surface area (Å²) in [5, 5.41) is 0. The third-order valence-electron chi connectivity index (χ3n) is 5.73. The number of fused-ring (bicyclic) bond motifs is 2. The molecule has 0 spiro atoms. The van der Waals surface area contributed by atoms with Gasteiger partial charge in [-0.1, -0.05) is 44.9 Å². The van der Waals surface area contributed by atoms with Crippen molar-refractivity contribution in [3.63, 3.8) is 0 Å². The molecule has 3 atom stereocenters. The minimum atomic E-state index is -0.202. The lowest BCUT2D eigenvalue weighted by molar-refractivity contribution is -0.136. The van der Waals surface area contributed by atoms with Crippen molar-refractivity contribution in [1.82, 2.24) is 0 Å². The molecule has 0 bridgehead atoms. The van der Waals surface area contributed by atoms with Crippen molar-refractivity contribution < 1.29 is 9.53 Å². The van der Waals surface area contributed by atoms with Gasteiger partial charge in [-0.05, 0) is 49.5 Å². The second-order valence-corrected chi connectivity index (χ2v) is 7.66. The molecule has 2 nitrogen and oxygen atoms in total. The summed E-state index contributed by atoms with van der Waals surface area (Å²) in [6.45, 7) is 8.38. The van der Waals surface area contributed by atoms with Crippen LogP contribution in [0.4, 0.5) is 0 Å². The van der Waals surface area contributed by atoms with E-state index in [1.54, 1.807) is 5.57 Å². The molecule has 1 saturated carbocycles. The fraction of sp³-hybridized carbons (Fsp3) is 0.650. The smallest absolute Gasteiger partial charge is 0.308 e. The highest BCUT2D eigenvalue weighted by Crippen LogP contribution is 2.56. The molecule has 1 fully saturated rings. The summed E-state index contributed by atoms with van der Waals surface area (Å²) in [5.74, 6) is 2.22. The van der Waals surface area contributed by atoms with Gasteiger partial charge in [0.15, 0.2) is 0 Å². The van der Waals surface area contributed by atoms with Crippen LogP contribution in [0.15, 0.2) is 35.1 Å². The number of carbonyl (C=O) groups excluding carboxylic acids is 1. The van der Waals surface area contributed by atoms with Gasteiger partial charge in [-0.25, -0.2) is 0 Å². The number of allylic oxidation sites excluding steroid dienone is 5. The summed E-state index contributed by atoms with van der Waals surface area (Å²) in [5.41, 5.74) is 2.88. The van der Waals surface area contributed by atoms with E-state index < -0.39 is 0 Å². The van der Waals surface area contributed by atoms with Crippen molar-refractivity contribution in [2.45, 2.75) is 59.8 Å². The van der Waals surface area contributed by atoms with Gasteiger partial charge in [0.2, 0.25) is 0 Å². The van der Waals surface area contributed by atoms with Crippen molar-refractivity contribution in [2.24, 2.45) is 23.2 Å². The normalized spacial score (nSPS) is 34.1. The zero-order valence-corrected chi connectivity index (χ0v) is 14.3. The molecule has 0 aliphatic heterocycles. The first kappa shape index (κ1) is 15.6. The second-order valence-electron chi connectivity index (χ2n) is 7.66. The fourth-order valence-electron chi connectivity index (χ4n) is 4.83. The molecule has 0 aromatic carbocycles. The summed E-state index contributed by atoms with van der Waals surface area (Å²) >= 11 is 0. The van der Waals surface area contributed by atoms with Gasteiger partial charge >= 0.3 is 5.97 Å². The molecule has 0 amide bonds. The number of hydrogen-bond donors (Lipinski definition) is 0. The van der Waals surface area contributed by atoms with Gasteiger partial charge in [-0.3, -0.25) is 4.79 Å². The van der Waals surface area contributed by atoms with E-state index >= 15 is 0 Å². The number of carbonyl (C=O) groups is 1. The van der Waals surface area contributed by atoms with E-state index in [2.05, 4.69) is 39.0 Å². The molecule has 3 aliphatic carbocycles. The molecule has 0 N–H and O–H groups in total. The van der Waals surface area contributed by atoms with Gasteiger partial charge in [0.25, 0.3) is 0 Å². The molecule has 120 valence electrons. The second kappa shape index (κ2) is 5.72. The van der Waals surface area contributed by atoms with E-state index in [1.807, 2.05) is 0 Å². The monoisotopic (exact) mass is 300 g/mol. The first-order valence-electron chi connectivity index (χ1n) is 8.75. The van der Waals surface area contributed by atoms with Crippen LogP contribution in [0, 0.1) is 23.2 Å². The Morgan fingerprint density at radius 3 is 2.82 bits per heavy atom. The molecule has 0 aromatic rings. The maximum Gasteiger partial charge on any atom is 0.308 e. The maximum atomic E-state index is 11.6. The van der Waals surface area contributed by atoms with Crippen LogP contribution in [0.2, 0.25) is 0 Å². The lowest BCUT2D eigenvalue weighted by Crippen LogP contribution is -2.27. The number of rotatable bonds is 2. The number of esters is 1. The predicted molar refractivity (Wildman–Crippen MR) is 89.0 cm³/mol. The molecule has 0 radical (unpaired) electrons. The predicted octanol–water partition coefficient (Wildman–Crippen LogP) is 5.17. The van der Waals surface area contributed by atoms with Crippen LogP contribution in [0.3, 0.4) is 0 Å². The van der Waals surface area contributed by atoms with Crippen molar-refractivity contribution >= 4 is 5.97 Å². The highest BCUT2D eigenvalue weighted by molar-refractivity contribution is 5.69. The Morgan fingerprint density at radius 2 is 2.14 bits per heavy atom. The molecular formula is C20H28O2. The molecule has 2 heteroatoms. The average molecular weight is 300 g/mol. The highest BCUT2D eigenvalue weighted by atomic mass is 16.5. The van der Waals surface area contributed by atoms with Gasteiger partial charge in [0, 0.05) is 17.9 Å². The lowest BCUT2D eigenvalue weighted by atomic mass is 9.68. The topological polar surface area (TPSA) is 26.3 Å². The van der Waals surface area contributed by atoms with Crippen LogP contribution in [0.5, 0.6) is 0 Å². The Bertz CT molecular complexity index is 564. The summed E-state index contributed by atoms with van der Waals surface area (Å²) in [4.78, 5) is 11.6. The zero-order valence-electron chi connectivity index (χ0n) is 14.3. The molecule has 3 rings (SSSR count). The first-order chi connectivity index (χ1) is 10.4. The Hall–Kier alpha value is -1.31. The minimum Gasteiger partial charge on any atom is -0.427 e. The summed E-state index contributed by atoms with van der Waals surface area (Å²) < 4.78 is 5.66. The van der Waals surface area contributed by atoms with E-state index in [4.69, 9.17) is 4.74 Å². The van der Waals surface area contributed by atoms with Crippen LogP contribution in [0.25, 0.3) is 0 Å². The van der Waals surface area contributed by atoms with Gasteiger partial charge in [-0.2, -0.15) is 0 Å². The molecule has 0 saturated heterocycles. The van der Waals surface area contributed by atoms with Crippen LogP contribution >= 0.6 is 0 Å². The van der Waals surface area contributed by atoms with Crippen molar-refractivity contribution in [3.8, 4) is 0 Å². The average Bonchev–Trinajstić information content (AvgIpc) is 2.62. The Kier molecular flexibility index (Phi) is 4.05. The van der Waals surface area contributed by atoms with Gasteiger partial charge in [0.05, 0.1) is 0 Å². The number of ether oxygens (including phenoxy) is 1. The summed E-state index contributed by atoms with van der Waals surface area (Å²) in [7, 11) is 0. The van der Waals surface area contributed by atoms with Crippen LogP contribution < -0.4 is 0 Å². The lowest BCUT2D eigenvalue weighted by Gasteiger charge is -2.35. The number of hydrogen-bond acceptors (Lipinski definition) is 2. The molecular weight excluding hydrogens is 272 g/mol. The van der Waals surface area contributed by atoms with Crippen LogP contribution in [-0.4, -0.2) is 5.97 Å². The molecule has 0 heterocycles. The Labute approximate surface area is 134 Å². The van der Waals surface area contributed by atoms with Gasteiger partial charge < -0.3 is 4.74 Å². The van der Waals surface area contributed by atoms with Crippen LogP contribution in [0.1, 0.15) is 59.8 Å². The molecule has 1 unspecified atom stereocenters. The fourth-order valence-corrected chi connectivity index (χ4v) is 4.83. The van der Waals surface area contributed by atoms with E-state index in [1.165, 1.54) is 38.2 Å². The largest absolute Gasteiger partial charge is 0.427 e. The summed E-state index contributed by atoms with van der Waals surface area (Å²) in [6, 6.07) is 0. The maximum absolute atomic E-state index is 11.6. The van der Waals surface area contributed by atoms with Crippen molar-refractivity contribution in [1.29, 1.82) is 0 Å². The van der Waals surface area contributed by atoms with Gasteiger partial charge in [-0.15, -0.1) is 0 Å². The van der Waals surface area contributed by atoms with Gasteiger partial charge in [0.1, 0.15) is 5.76 Å². The quantitative estimate of drug-likeness (QED) is 0.519. The van der Waals surface area contributed by atoms with E-state index in [9.17, 15) is 4.79 Å². The SMILES string of the molecule is CC(=O)OC1=C[C@@H](C(C)C)[C@@]2(C)C=CCC3CCCCC3=C12. The van der Waals surface area contributed by atoms with Crippen molar-refractivity contribution in [2.75, 3.05) is 0 Å². The molecule has 3 aliphatic rings. The third kappa shape index (κ3) is 2.47. The van der Waals surface area contributed by atoms with Crippen molar-refractivity contribution in [3.05, 3.63) is 35.1 Å². The zero-order chi connectivity index (χ0) is 15.9. The Balaban J connectivity index is 2.14. The summed E-state index contributed by atoms with van der Waals surface area (Å²) in [6.07, 6.45) is 13.2. The standard InChI is InChI=1S/C20H28O2/c1-13(2)17-12-18(22-14(3)21)19-16-10-6-5-8-15(16)9-7-11-20(17,19)4/h7,11-13,15,17H,5-6,8-10H2,1-4H3/t15?,17-,20+/m0/s1. The van der Waals surface area contributed by atoms with Crippen LogP contribution in [-0.2, 0) is 9.53 Å². The molecule has 0 aromatic heterocycles. The minimum absolute atomic E-state index is 0.0135.